The van der Waals surface area contributed by atoms with Crippen LogP contribution in [0.5, 0.6) is 0 Å². The Morgan fingerprint density at radius 3 is 2.42 bits per heavy atom. The molecule has 0 aliphatic heterocycles. The molecule has 2 aromatic rings. The molecular formula is C15H24N4O2S3. The lowest BCUT2D eigenvalue weighted by molar-refractivity contribution is 0.438. The van der Waals surface area contributed by atoms with E-state index in [2.05, 4.69) is 15.2 Å². The average Bonchev–Trinajstić information content (AvgIpc) is 3.07. The molecule has 0 bridgehead atoms. The Morgan fingerprint density at radius 1 is 1.12 bits per heavy atom. The van der Waals surface area contributed by atoms with Crippen LogP contribution in [0.3, 0.4) is 0 Å². The molecule has 0 saturated heterocycles. The Balaban J connectivity index is 0.00000139. The van der Waals surface area contributed by atoms with Gasteiger partial charge in [-0.15, -0.1) is 5.10 Å². The number of nitrogens with zero attached hydrogens (tertiary/aromatic N) is 4. The summed E-state index contributed by atoms with van der Waals surface area (Å²) in [5, 5.41) is 7.65. The summed E-state index contributed by atoms with van der Waals surface area (Å²) in [4.78, 5) is 2.35. The van der Waals surface area contributed by atoms with Crippen LogP contribution in [-0.4, -0.2) is 54.7 Å². The lowest BCUT2D eigenvalue weighted by atomic mass is 10.4. The van der Waals surface area contributed by atoms with Gasteiger partial charge in [0.25, 0.3) is 0 Å². The van der Waals surface area contributed by atoms with E-state index in [-0.39, 0.29) is 9.92 Å². The molecule has 2 rings (SSSR count). The minimum atomic E-state index is -3.58. The number of rotatable bonds is 8. The fourth-order valence-corrected chi connectivity index (χ4v) is 4.71. The molecule has 134 valence electrons. The Kier molecular flexibility index (Phi) is 9.42. The van der Waals surface area contributed by atoms with Crippen LogP contribution in [0.15, 0.2) is 46.5 Å². The highest BCUT2D eigenvalue weighted by Gasteiger charge is 2.21. The molecule has 24 heavy (non-hydrogen) atoms. The Labute approximate surface area is 152 Å². The van der Waals surface area contributed by atoms with Gasteiger partial charge in [0, 0.05) is 12.3 Å². The van der Waals surface area contributed by atoms with Gasteiger partial charge in [-0.25, -0.2) is 13.1 Å². The molecule has 1 heterocycles. The van der Waals surface area contributed by atoms with Crippen LogP contribution in [0.4, 0.5) is 0 Å². The third kappa shape index (κ3) is 6.46. The van der Waals surface area contributed by atoms with E-state index < -0.39 is 9.84 Å². The van der Waals surface area contributed by atoms with E-state index in [1.807, 2.05) is 27.9 Å². The topological polar surface area (TPSA) is 68.1 Å². The second kappa shape index (κ2) is 10.8. The van der Waals surface area contributed by atoms with Crippen LogP contribution < -0.4 is 0 Å². The molecule has 1 aromatic heterocycles. The fraction of sp³-hybridized carbons (Fsp3) is 0.467. The van der Waals surface area contributed by atoms with E-state index in [1.54, 1.807) is 56.6 Å². The molecule has 0 N–H and O–H groups in total. The fourth-order valence-electron chi connectivity index (χ4n) is 1.56. The molecule has 0 radical (unpaired) electrons. The maximum atomic E-state index is 12.4. The molecule has 9 heteroatoms. The summed E-state index contributed by atoms with van der Waals surface area (Å²) >= 11 is 0. The molecule has 6 nitrogen and oxygen atoms in total. The molecule has 0 amide bonds. The van der Waals surface area contributed by atoms with Crippen molar-refractivity contribution < 1.29 is 8.42 Å². The summed E-state index contributed by atoms with van der Waals surface area (Å²) in [5.41, 5.74) is 0. The summed E-state index contributed by atoms with van der Waals surface area (Å²) in [7, 11) is 3.83. The number of hydrogen-bond donors (Lipinski definition) is 0. The van der Waals surface area contributed by atoms with Gasteiger partial charge < -0.3 is 4.90 Å². The van der Waals surface area contributed by atoms with E-state index in [1.165, 1.54) is 6.20 Å². The van der Waals surface area contributed by atoms with E-state index in [0.29, 0.717) is 5.88 Å². The first kappa shape index (κ1) is 21.0. The maximum Gasteiger partial charge on any atom is 0.227 e. The van der Waals surface area contributed by atoms with Crippen LogP contribution in [0.1, 0.15) is 13.8 Å². The predicted octanol–water partition coefficient (Wildman–Crippen LogP) is 3.04. The quantitative estimate of drug-likeness (QED) is 0.508. The molecule has 0 saturated carbocycles. The minimum Gasteiger partial charge on any atom is -0.309 e. The Bertz CT molecular complexity index is 688. The third-order valence-electron chi connectivity index (χ3n) is 2.74. The van der Waals surface area contributed by atoms with Crippen molar-refractivity contribution in [1.82, 2.24) is 19.9 Å². The lowest BCUT2D eigenvalue weighted by Crippen LogP contribution is -2.14. The van der Waals surface area contributed by atoms with Crippen molar-refractivity contribution >= 4 is 31.4 Å². The molecule has 0 unspecified atom stereocenters. The number of benzene rings is 1. The zero-order valence-corrected chi connectivity index (χ0v) is 16.9. The summed E-state index contributed by atoms with van der Waals surface area (Å²) < 4.78 is 26.3. The first-order valence-electron chi connectivity index (χ1n) is 7.59. The van der Waals surface area contributed by atoms with Gasteiger partial charge in [-0.1, -0.05) is 58.8 Å². The molecule has 1 aromatic carbocycles. The van der Waals surface area contributed by atoms with E-state index >= 15 is 0 Å². The van der Waals surface area contributed by atoms with Gasteiger partial charge in [0.2, 0.25) is 14.9 Å². The summed E-state index contributed by atoms with van der Waals surface area (Å²) in [6.45, 7) is 5.00. The van der Waals surface area contributed by atoms with Crippen molar-refractivity contribution in [3.63, 3.8) is 0 Å². The molecule has 0 aliphatic carbocycles. The van der Waals surface area contributed by atoms with Crippen molar-refractivity contribution in [3.05, 3.63) is 36.5 Å². The van der Waals surface area contributed by atoms with Crippen molar-refractivity contribution in [2.45, 2.75) is 29.6 Å². The highest BCUT2D eigenvalue weighted by molar-refractivity contribution is 8.76. The number of aromatic nitrogens is 3. The monoisotopic (exact) mass is 388 g/mol. The number of sulfone groups is 1. The van der Waals surface area contributed by atoms with Gasteiger partial charge in [-0.2, -0.15) is 0 Å². The van der Waals surface area contributed by atoms with Gasteiger partial charge in [0.05, 0.1) is 17.0 Å². The molecular weight excluding hydrogens is 364 g/mol. The second-order valence-electron chi connectivity index (χ2n) is 4.78. The largest absolute Gasteiger partial charge is 0.309 e. The highest BCUT2D eigenvalue weighted by atomic mass is 33.1. The van der Waals surface area contributed by atoms with Crippen molar-refractivity contribution in [2.24, 2.45) is 0 Å². The lowest BCUT2D eigenvalue weighted by Gasteiger charge is -2.07. The minimum absolute atomic E-state index is 0.0161. The first-order chi connectivity index (χ1) is 11.5. The molecule has 0 spiro atoms. The van der Waals surface area contributed by atoms with Gasteiger partial charge >= 0.3 is 0 Å². The maximum absolute atomic E-state index is 12.4. The zero-order chi connectivity index (χ0) is 18.0. The van der Waals surface area contributed by atoms with Crippen molar-refractivity contribution in [1.29, 1.82) is 0 Å². The van der Waals surface area contributed by atoms with Crippen LogP contribution >= 0.6 is 21.6 Å². The van der Waals surface area contributed by atoms with Crippen LogP contribution in [0.2, 0.25) is 0 Å². The van der Waals surface area contributed by atoms with Crippen molar-refractivity contribution in [3.8, 4) is 0 Å². The van der Waals surface area contributed by atoms with Crippen LogP contribution in [0.25, 0.3) is 0 Å². The summed E-state index contributed by atoms with van der Waals surface area (Å²) in [6, 6.07) is 8.26. The Morgan fingerprint density at radius 2 is 1.79 bits per heavy atom. The zero-order valence-electron chi connectivity index (χ0n) is 14.4. The third-order valence-corrected chi connectivity index (χ3v) is 6.57. The summed E-state index contributed by atoms with van der Waals surface area (Å²) in [6.07, 6.45) is 1.47. The van der Waals surface area contributed by atoms with Crippen LogP contribution in [0, 0.1) is 0 Å². The smallest absolute Gasteiger partial charge is 0.227 e. The van der Waals surface area contributed by atoms with E-state index in [4.69, 9.17) is 0 Å². The van der Waals surface area contributed by atoms with Crippen LogP contribution in [-0.2, 0) is 15.7 Å². The highest BCUT2D eigenvalue weighted by Crippen LogP contribution is 2.23. The van der Waals surface area contributed by atoms with Gasteiger partial charge in [0.15, 0.2) is 0 Å². The van der Waals surface area contributed by atoms with E-state index in [0.717, 1.165) is 12.3 Å². The predicted molar refractivity (Wildman–Crippen MR) is 102 cm³/mol. The Hall–Kier alpha value is -1.03. The molecule has 0 fully saturated rings. The van der Waals surface area contributed by atoms with Gasteiger partial charge in [0.1, 0.15) is 0 Å². The van der Waals surface area contributed by atoms with Gasteiger partial charge in [-0.05, 0) is 26.2 Å². The molecule has 0 atom stereocenters. The van der Waals surface area contributed by atoms with Crippen molar-refractivity contribution in [2.75, 3.05) is 26.4 Å². The molecule has 0 aliphatic rings. The summed E-state index contributed by atoms with van der Waals surface area (Å²) in [5.74, 6) is 1.57. The van der Waals surface area contributed by atoms with E-state index in [9.17, 15) is 8.42 Å². The SMILES string of the molecule is CC.CN(C)CCSSCn1cc(S(=O)(=O)c2ccccc2)nn1. The van der Waals surface area contributed by atoms with Gasteiger partial charge in [-0.3, -0.25) is 0 Å². The average molecular weight is 389 g/mol. The standard InChI is InChI=1S/C13H18N4O2S3.C2H6/c1-16(2)8-9-20-21-11-17-10-13(14-15-17)22(18,19)12-6-4-3-5-7-12;1-2/h3-7,10H,8-9,11H2,1-2H3;1-2H3. The normalized spacial score (nSPS) is 11.2. The first-order valence-corrected chi connectivity index (χ1v) is 11.6. The second-order valence-corrected chi connectivity index (χ2v) is 9.23. The number of hydrogen-bond acceptors (Lipinski definition) is 7.